The molecule has 19 heavy (non-hydrogen) atoms. The lowest BCUT2D eigenvalue weighted by Gasteiger charge is -2.37. The zero-order chi connectivity index (χ0) is 13.1. The number of amides is 1. The summed E-state index contributed by atoms with van der Waals surface area (Å²) in [7, 11) is 0. The molecule has 3 nitrogen and oxygen atoms in total. The molecule has 1 saturated heterocycles. The van der Waals surface area contributed by atoms with Crippen LogP contribution < -0.4 is 5.32 Å². The standard InChI is InChI=1S/C14H19FN2O.ClH/c1-10-9-17(11(2)8-16-10)14(18)7-12-3-5-13(15)6-4-12;/h3-6,10-11,16H,7-9H2,1-2H3;1H. The second-order valence-corrected chi connectivity index (χ2v) is 5.01. The molecule has 2 atom stereocenters. The van der Waals surface area contributed by atoms with Crippen LogP contribution in [0.1, 0.15) is 19.4 Å². The van der Waals surface area contributed by atoms with Crippen molar-refractivity contribution >= 4 is 18.3 Å². The van der Waals surface area contributed by atoms with E-state index >= 15 is 0 Å². The number of benzene rings is 1. The summed E-state index contributed by atoms with van der Waals surface area (Å²) in [6.07, 6.45) is 0.345. The first-order valence-electron chi connectivity index (χ1n) is 6.33. The van der Waals surface area contributed by atoms with Gasteiger partial charge in [0.2, 0.25) is 5.91 Å². The maximum Gasteiger partial charge on any atom is 0.227 e. The van der Waals surface area contributed by atoms with E-state index in [1.165, 1.54) is 12.1 Å². The van der Waals surface area contributed by atoms with Crippen LogP contribution in [-0.2, 0) is 11.2 Å². The van der Waals surface area contributed by atoms with E-state index in [1.807, 2.05) is 11.8 Å². The van der Waals surface area contributed by atoms with E-state index in [2.05, 4.69) is 12.2 Å². The third-order valence-electron chi connectivity index (χ3n) is 3.35. The van der Waals surface area contributed by atoms with Crippen molar-refractivity contribution in [2.24, 2.45) is 0 Å². The first kappa shape index (κ1) is 15.9. The highest BCUT2D eigenvalue weighted by atomic mass is 35.5. The van der Waals surface area contributed by atoms with E-state index in [-0.39, 0.29) is 30.2 Å². The summed E-state index contributed by atoms with van der Waals surface area (Å²) in [5.74, 6) is -0.155. The predicted octanol–water partition coefficient (Wildman–Crippen LogP) is 2.00. The van der Waals surface area contributed by atoms with Crippen molar-refractivity contribution in [2.45, 2.75) is 32.4 Å². The summed E-state index contributed by atoms with van der Waals surface area (Å²) >= 11 is 0. The minimum atomic E-state index is -0.268. The second-order valence-electron chi connectivity index (χ2n) is 5.01. The topological polar surface area (TPSA) is 32.3 Å². The molecule has 1 heterocycles. The fraction of sp³-hybridized carbons (Fsp3) is 0.500. The molecular formula is C14H20ClFN2O. The molecule has 0 spiro atoms. The van der Waals surface area contributed by atoms with Crippen LogP contribution in [0.15, 0.2) is 24.3 Å². The van der Waals surface area contributed by atoms with Gasteiger partial charge in [-0.15, -0.1) is 12.4 Å². The number of nitrogens with one attached hydrogen (secondary N) is 1. The van der Waals surface area contributed by atoms with Crippen LogP contribution >= 0.6 is 12.4 Å². The Morgan fingerprint density at radius 2 is 2.00 bits per heavy atom. The monoisotopic (exact) mass is 286 g/mol. The smallest absolute Gasteiger partial charge is 0.227 e. The fourth-order valence-corrected chi connectivity index (χ4v) is 2.25. The number of piperazine rings is 1. The van der Waals surface area contributed by atoms with Crippen molar-refractivity contribution in [3.63, 3.8) is 0 Å². The van der Waals surface area contributed by atoms with E-state index < -0.39 is 0 Å². The lowest BCUT2D eigenvalue weighted by atomic mass is 10.1. The predicted molar refractivity (Wildman–Crippen MR) is 76.0 cm³/mol. The molecule has 2 unspecified atom stereocenters. The lowest BCUT2D eigenvalue weighted by molar-refractivity contribution is -0.133. The van der Waals surface area contributed by atoms with Gasteiger partial charge < -0.3 is 10.2 Å². The van der Waals surface area contributed by atoms with Gasteiger partial charge in [-0.05, 0) is 31.5 Å². The van der Waals surface area contributed by atoms with Crippen molar-refractivity contribution in [3.05, 3.63) is 35.6 Å². The SMILES string of the molecule is CC1CN(C(=O)Cc2ccc(F)cc2)C(C)CN1.Cl. The summed E-state index contributed by atoms with van der Waals surface area (Å²) < 4.78 is 12.8. The molecule has 1 amide bonds. The number of carbonyl (C=O) groups excluding carboxylic acids is 1. The molecule has 106 valence electrons. The second kappa shape index (κ2) is 6.87. The van der Waals surface area contributed by atoms with Gasteiger partial charge in [-0.1, -0.05) is 12.1 Å². The molecule has 0 aromatic heterocycles. The van der Waals surface area contributed by atoms with Gasteiger partial charge in [0.25, 0.3) is 0 Å². The van der Waals surface area contributed by atoms with E-state index in [0.717, 1.165) is 18.7 Å². The van der Waals surface area contributed by atoms with Crippen molar-refractivity contribution in [3.8, 4) is 0 Å². The van der Waals surface area contributed by atoms with Crippen molar-refractivity contribution in [1.82, 2.24) is 10.2 Å². The van der Waals surface area contributed by atoms with Gasteiger partial charge in [-0.3, -0.25) is 4.79 Å². The van der Waals surface area contributed by atoms with E-state index in [1.54, 1.807) is 12.1 Å². The average molecular weight is 287 g/mol. The summed E-state index contributed by atoms with van der Waals surface area (Å²) in [5, 5.41) is 3.34. The van der Waals surface area contributed by atoms with Gasteiger partial charge in [0.05, 0.1) is 6.42 Å². The van der Waals surface area contributed by atoms with Crippen LogP contribution in [-0.4, -0.2) is 36.0 Å². The summed E-state index contributed by atoms with van der Waals surface area (Å²) in [4.78, 5) is 14.1. The van der Waals surface area contributed by atoms with Gasteiger partial charge in [0, 0.05) is 25.2 Å². The zero-order valence-electron chi connectivity index (χ0n) is 11.2. The maximum absolute atomic E-state index is 12.8. The minimum Gasteiger partial charge on any atom is -0.337 e. The maximum atomic E-state index is 12.8. The third-order valence-corrected chi connectivity index (χ3v) is 3.35. The van der Waals surface area contributed by atoms with Crippen LogP contribution in [0.4, 0.5) is 4.39 Å². The Morgan fingerprint density at radius 1 is 1.37 bits per heavy atom. The largest absolute Gasteiger partial charge is 0.337 e. The zero-order valence-corrected chi connectivity index (χ0v) is 12.0. The fourth-order valence-electron chi connectivity index (χ4n) is 2.25. The Hall–Kier alpha value is -1.13. The lowest BCUT2D eigenvalue weighted by Crippen LogP contribution is -2.56. The quantitative estimate of drug-likeness (QED) is 0.902. The molecule has 1 aliphatic heterocycles. The normalized spacial score (nSPS) is 22.8. The van der Waals surface area contributed by atoms with Crippen LogP contribution in [0.2, 0.25) is 0 Å². The average Bonchev–Trinajstić information content (AvgIpc) is 2.35. The van der Waals surface area contributed by atoms with E-state index in [4.69, 9.17) is 0 Å². The molecule has 1 N–H and O–H groups in total. The summed E-state index contributed by atoms with van der Waals surface area (Å²) in [6, 6.07) is 6.68. The molecule has 0 saturated carbocycles. The molecule has 0 radical (unpaired) electrons. The number of carbonyl (C=O) groups is 1. The number of hydrogen-bond donors (Lipinski definition) is 1. The van der Waals surface area contributed by atoms with Crippen LogP contribution in [0.5, 0.6) is 0 Å². The third kappa shape index (κ3) is 4.18. The molecule has 1 fully saturated rings. The summed E-state index contributed by atoms with van der Waals surface area (Å²) in [5.41, 5.74) is 0.861. The number of rotatable bonds is 2. The highest BCUT2D eigenvalue weighted by Crippen LogP contribution is 2.11. The Kier molecular flexibility index (Phi) is 5.76. The van der Waals surface area contributed by atoms with Gasteiger partial charge in [-0.25, -0.2) is 4.39 Å². The van der Waals surface area contributed by atoms with Gasteiger partial charge in [0.15, 0.2) is 0 Å². The molecule has 1 aromatic carbocycles. The van der Waals surface area contributed by atoms with Crippen LogP contribution in [0, 0.1) is 5.82 Å². The first-order valence-corrected chi connectivity index (χ1v) is 6.33. The molecule has 0 bridgehead atoms. The Bertz CT molecular complexity index is 424. The summed E-state index contributed by atoms with van der Waals surface area (Å²) in [6.45, 7) is 5.68. The van der Waals surface area contributed by atoms with Gasteiger partial charge in [-0.2, -0.15) is 0 Å². The minimum absolute atomic E-state index is 0. The van der Waals surface area contributed by atoms with Crippen LogP contribution in [0.3, 0.4) is 0 Å². The van der Waals surface area contributed by atoms with Crippen LogP contribution in [0.25, 0.3) is 0 Å². The molecule has 0 aliphatic carbocycles. The van der Waals surface area contributed by atoms with E-state index in [9.17, 15) is 9.18 Å². The molecular weight excluding hydrogens is 267 g/mol. The van der Waals surface area contributed by atoms with Gasteiger partial charge >= 0.3 is 0 Å². The Morgan fingerprint density at radius 3 is 2.63 bits per heavy atom. The van der Waals surface area contributed by atoms with Crippen molar-refractivity contribution in [2.75, 3.05) is 13.1 Å². The Labute approximate surface area is 119 Å². The highest BCUT2D eigenvalue weighted by molar-refractivity contribution is 5.85. The first-order chi connectivity index (χ1) is 8.56. The van der Waals surface area contributed by atoms with Crippen molar-refractivity contribution < 1.29 is 9.18 Å². The molecule has 1 aromatic rings. The highest BCUT2D eigenvalue weighted by Gasteiger charge is 2.26. The Balaban J connectivity index is 0.00000180. The molecule has 5 heteroatoms. The number of nitrogens with zero attached hydrogens (tertiary/aromatic N) is 1. The van der Waals surface area contributed by atoms with Crippen molar-refractivity contribution in [1.29, 1.82) is 0 Å². The number of hydrogen-bond acceptors (Lipinski definition) is 2. The van der Waals surface area contributed by atoms with E-state index in [0.29, 0.717) is 12.5 Å². The molecule has 2 rings (SSSR count). The van der Waals surface area contributed by atoms with Gasteiger partial charge in [0.1, 0.15) is 5.82 Å². The number of halogens is 2. The molecule has 1 aliphatic rings.